The Morgan fingerprint density at radius 1 is 1.00 bits per heavy atom. The van der Waals surface area contributed by atoms with Gasteiger partial charge in [0, 0.05) is 5.38 Å². The van der Waals surface area contributed by atoms with Gasteiger partial charge in [-0.05, 0) is 12.8 Å². The van der Waals surface area contributed by atoms with Gasteiger partial charge in [-0.1, -0.05) is 19.3 Å². The van der Waals surface area contributed by atoms with E-state index in [-0.39, 0.29) is 5.48 Å². The van der Waals surface area contributed by atoms with Gasteiger partial charge in [-0.3, -0.25) is 0 Å². The maximum atomic E-state index is 5.82. The first-order valence-electron chi connectivity index (χ1n) is 3.03. The molecule has 0 aromatic carbocycles. The first-order valence-corrected chi connectivity index (χ1v) is 3.47. The number of halogens is 1. The third-order valence-electron chi connectivity index (χ3n) is 1.53. The quantitative estimate of drug-likeness (QED) is 0.455. The highest BCUT2D eigenvalue weighted by Crippen LogP contribution is 2.21. The molecule has 1 aliphatic carbocycles. The molecule has 0 aromatic heterocycles. The number of hydrogen-bond acceptors (Lipinski definition) is 0. The molecule has 0 aromatic rings. The summed E-state index contributed by atoms with van der Waals surface area (Å²) in [6.45, 7) is 0. The Morgan fingerprint density at radius 3 is 1.75 bits per heavy atom. The molecular weight excluding hydrogens is 124 g/mol. The summed E-state index contributed by atoms with van der Waals surface area (Å²) < 4.78 is 0. The van der Waals surface area contributed by atoms with Gasteiger partial charge in [0.2, 0.25) is 0 Å². The number of rotatable bonds is 0. The van der Waals surface area contributed by atoms with Crippen molar-refractivity contribution in [2.45, 2.75) is 37.5 Å². The van der Waals surface area contributed by atoms with E-state index in [0.29, 0.717) is 5.38 Å². The summed E-state index contributed by atoms with van der Waals surface area (Å²) in [5, 5.41) is 0.508. The van der Waals surface area contributed by atoms with Crippen LogP contribution in [0.5, 0.6) is 0 Å². The van der Waals surface area contributed by atoms with E-state index in [1.165, 1.54) is 32.1 Å². The molecule has 0 heterocycles. The normalized spacial score (nSPS) is 22.1. The second kappa shape index (κ2) is 4.16. The van der Waals surface area contributed by atoms with Crippen LogP contribution in [0.4, 0.5) is 0 Å². The third-order valence-corrected chi connectivity index (χ3v) is 1.97. The Kier molecular flexibility index (Phi) is 4.29. The molecule has 1 aliphatic rings. The van der Waals surface area contributed by atoms with Gasteiger partial charge in [-0.2, -0.15) is 0 Å². The van der Waals surface area contributed by atoms with E-state index in [0.717, 1.165) is 0 Å². The van der Waals surface area contributed by atoms with Crippen molar-refractivity contribution < 1.29 is 5.48 Å². The van der Waals surface area contributed by atoms with Crippen LogP contribution in [0, 0.1) is 0 Å². The summed E-state index contributed by atoms with van der Waals surface area (Å²) in [5.41, 5.74) is 0. The summed E-state index contributed by atoms with van der Waals surface area (Å²) >= 11 is 5.82. The minimum atomic E-state index is 0. The smallest absolute Gasteiger partial charge is 0.0336 e. The van der Waals surface area contributed by atoms with Crippen LogP contribution in [0.15, 0.2) is 0 Å². The molecular formula is C6H13ClO. The van der Waals surface area contributed by atoms with Gasteiger partial charge < -0.3 is 5.48 Å². The molecule has 1 fully saturated rings. The maximum Gasteiger partial charge on any atom is 0.0336 e. The molecule has 50 valence electrons. The van der Waals surface area contributed by atoms with Crippen LogP contribution in [0.2, 0.25) is 0 Å². The second-order valence-electron chi connectivity index (χ2n) is 2.24. The molecule has 0 spiro atoms. The van der Waals surface area contributed by atoms with E-state index in [1.54, 1.807) is 0 Å². The largest absolute Gasteiger partial charge is 0.412 e. The van der Waals surface area contributed by atoms with Crippen molar-refractivity contribution in [3.8, 4) is 0 Å². The van der Waals surface area contributed by atoms with E-state index in [2.05, 4.69) is 0 Å². The highest BCUT2D eigenvalue weighted by Gasteiger charge is 2.08. The van der Waals surface area contributed by atoms with Gasteiger partial charge in [0.1, 0.15) is 0 Å². The predicted molar refractivity (Wildman–Crippen MR) is 36.3 cm³/mol. The van der Waals surface area contributed by atoms with Crippen LogP contribution in [0.25, 0.3) is 0 Å². The summed E-state index contributed by atoms with van der Waals surface area (Å²) in [6, 6.07) is 0. The van der Waals surface area contributed by atoms with Gasteiger partial charge in [0.25, 0.3) is 0 Å². The van der Waals surface area contributed by atoms with Crippen molar-refractivity contribution in [1.82, 2.24) is 0 Å². The van der Waals surface area contributed by atoms with Crippen LogP contribution in [-0.4, -0.2) is 10.9 Å². The fourth-order valence-electron chi connectivity index (χ4n) is 1.05. The summed E-state index contributed by atoms with van der Waals surface area (Å²) in [6.07, 6.45) is 6.62. The van der Waals surface area contributed by atoms with E-state index < -0.39 is 0 Å². The molecule has 8 heavy (non-hydrogen) atoms. The van der Waals surface area contributed by atoms with Gasteiger partial charge in [-0.25, -0.2) is 0 Å². The summed E-state index contributed by atoms with van der Waals surface area (Å²) in [7, 11) is 0. The Morgan fingerprint density at radius 2 is 1.50 bits per heavy atom. The molecule has 0 saturated heterocycles. The van der Waals surface area contributed by atoms with Gasteiger partial charge in [0.15, 0.2) is 0 Å². The van der Waals surface area contributed by atoms with Crippen LogP contribution < -0.4 is 0 Å². The Bertz CT molecular complexity index is 50.5. The Labute approximate surface area is 55.3 Å². The zero-order chi connectivity index (χ0) is 5.11. The number of alkyl halides is 1. The average Bonchev–Trinajstić information content (AvgIpc) is 1.69. The lowest BCUT2D eigenvalue weighted by Gasteiger charge is -2.13. The maximum absolute atomic E-state index is 5.82. The summed E-state index contributed by atoms with van der Waals surface area (Å²) in [5.74, 6) is 0. The highest BCUT2D eigenvalue weighted by atomic mass is 35.5. The van der Waals surface area contributed by atoms with Gasteiger partial charge in [0.05, 0.1) is 0 Å². The van der Waals surface area contributed by atoms with Crippen molar-refractivity contribution in [3.05, 3.63) is 0 Å². The van der Waals surface area contributed by atoms with E-state index in [4.69, 9.17) is 11.6 Å². The standard InChI is InChI=1S/C6H11Cl.H2O/c7-6-4-2-1-3-5-6;/h6H,1-5H2;1H2. The molecule has 2 N–H and O–H groups in total. The fourth-order valence-corrected chi connectivity index (χ4v) is 1.36. The molecule has 0 aliphatic heterocycles. The van der Waals surface area contributed by atoms with Crippen LogP contribution in [0.1, 0.15) is 32.1 Å². The Hall–Kier alpha value is 0.250. The molecule has 1 rings (SSSR count). The first kappa shape index (κ1) is 8.25. The molecule has 0 amide bonds. The average molecular weight is 137 g/mol. The lowest BCUT2D eigenvalue weighted by Crippen LogP contribution is -2.03. The van der Waals surface area contributed by atoms with Crippen molar-refractivity contribution in [2.75, 3.05) is 0 Å². The molecule has 0 bridgehead atoms. The van der Waals surface area contributed by atoms with Crippen molar-refractivity contribution in [2.24, 2.45) is 0 Å². The SMILES string of the molecule is ClC1CCCCC1.O. The van der Waals surface area contributed by atoms with E-state index in [9.17, 15) is 0 Å². The topological polar surface area (TPSA) is 31.5 Å². The lowest BCUT2D eigenvalue weighted by atomic mass is 10.0. The molecule has 0 atom stereocenters. The zero-order valence-electron chi connectivity index (χ0n) is 4.99. The van der Waals surface area contributed by atoms with Crippen LogP contribution in [0.3, 0.4) is 0 Å². The lowest BCUT2D eigenvalue weighted by molar-refractivity contribution is 0.511. The van der Waals surface area contributed by atoms with Crippen LogP contribution >= 0.6 is 11.6 Å². The number of hydrogen-bond donors (Lipinski definition) is 0. The van der Waals surface area contributed by atoms with E-state index in [1.807, 2.05) is 0 Å². The van der Waals surface area contributed by atoms with Gasteiger partial charge >= 0.3 is 0 Å². The van der Waals surface area contributed by atoms with Crippen molar-refractivity contribution in [1.29, 1.82) is 0 Å². The predicted octanol–water partition coefficient (Wildman–Crippen LogP) is 1.73. The van der Waals surface area contributed by atoms with Crippen molar-refractivity contribution >= 4 is 11.6 Å². The van der Waals surface area contributed by atoms with Crippen LogP contribution in [-0.2, 0) is 0 Å². The summed E-state index contributed by atoms with van der Waals surface area (Å²) in [4.78, 5) is 0. The zero-order valence-corrected chi connectivity index (χ0v) is 5.75. The van der Waals surface area contributed by atoms with Crippen molar-refractivity contribution in [3.63, 3.8) is 0 Å². The third kappa shape index (κ3) is 2.53. The van der Waals surface area contributed by atoms with E-state index >= 15 is 0 Å². The molecule has 0 radical (unpaired) electrons. The fraction of sp³-hybridized carbons (Fsp3) is 1.00. The second-order valence-corrected chi connectivity index (χ2v) is 2.85. The monoisotopic (exact) mass is 136 g/mol. The minimum Gasteiger partial charge on any atom is -0.412 e. The molecule has 2 heteroatoms. The minimum absolute atomic E-state index is 0. The molecule has 0 unspecified atom stereocenters. The highest BCUT2D eigenvalue weighted by molar-refractivity contribution is 6.20. The molecule has 1 nitrogen and oxygen atoms in total. The first-order chi connectivity index (χ1) is 3.39. The molecule has 1 saturated carbocycles. The van der Waals surface area contributed by atoms with Gasteiger partial charge in [-0.15, -0.1) is 11.6 Å². The Balaban J connectivity index is 0.000000490.